The fraction of sp³-hybridized carbons (Fsp3) is 0.500. The Kier molecular flexibility index (Phi) is 5.12. The predicted molar refractivity (Wildman–Crippen MR) is 60.7 cm³/mol. The normalized spacial score (nSPS) is 10.3. The maximum atomic E-state index is 13.3. The lowest BCUT2D eigenvalue weighted by Gasteiger charge is -2.10. The van der Waals surface area contributed by atoms with Gasteiger partial charge in [-0.3, -0.25) is 0 Å². The molecule has 0 aromatic heterocycles. The highest BCUT2D eigenvalue weighted by Crippen LogP contribution is 2.18. The first kappa shape index (κ1) is 12.0. The summed E-state index contributed by atoms with van der Waals surface area (Å²) in [5.41, 5.74) is 1.54. The third-order valence-corrected chi connectivity index (χ3v) is 2.19. The molecule has 0 aliphatic heterocycles. The van der Waals surface area contributed by atoms with Crippen LogP contribution in [0.5, 0.6) is 0 Å². The van der Waals surface area contributed by atoms with Gasteiger partial charge in [0.15, 0.2) is 0 Å². The SMILES string of the molecule is CCOCCCNc1c(C)cccc1F. The molecule has 0 unspecified atom stereocenters. The molecule has 1 aromatic rings. The Balaban J connectivity index is 2.37. The van der Waals surface area contributed by atoms with Gasteiger partial charge in [0, 0.05) is 19.8 Å². The molecular formula is C12H18FNO. The average Bonchev–Trinajstić information content (AvgIpc) is 2.21. The molecular weight excluding hydrogens is 193 g/mol. The molecule has 3 heteroatoms. The van der Waals surface area contributed by atoms with Gasteiger partial charge in [-0.15, -0.1) is 0 Å². The maximum absolute atomic E-state index is 13.3. The van der Waals surface area contributed by atoms with Gasteiger partial charge in [0.2, 0.25) is 0 Å². The molecule has 0 spiro atoms. The molecule has 0 aliphatic rings. The van der Waals surface area contributed by atoms with E-state index in [9.17, 15) is 4.39 Å². The van der Waals surface area contributed by atoms with E-state index >= 15 is 0 Å². The molecule has 84 valence electrons. The van der Waals surface area contributed by atoms with Gasteiger partial charge in [-0.2, -0.15) is 0 Å². The maximum Gasteiger partial charge on any atom is 0.146 e. The molecule has 0 saturated carbocycles. The number of hydrogen-bond acceptors (Lipinski definition) is 2. The van der Waals surface area contributed by atoms with Gasteiger partial charge in [0.05, 0.1) is 5.69 Å². The molecule has 0 atom stereocenters. The van der Waals surface area contributed by atoms with Crippen molar-refractivity contribution in [2.45, 2.75) is 20.3 Å². The number of anilines is 1. The van der Waals surface area contributed by atoms with Crippen LogP contribution in [0.2, 0.25) is 0 Å². The van der Waals surface area contributed by atoms with Crippen molar-refractivity contribution < 1.29 is 9.13 Å². The molecule has 0 aliphatic carbocycles. The fourth-order valence-electron chi connectivity index (χ4n) is 1.39. The van der Waals surface area contributed by atoms with Crippen LogP contribution < -0.4 is 5.32 Å². The molecule has 2 nitrogen and oxygen atoms in total. The smallest absolute Gasteiger partial charge is 0.146 e. The summed E-state index contributed by atoms with van der Waals surface area (Å²) in [5.74, 6) is -0.189. The van der Waals surface area contributed by atoms with Crippen molar-refractivity contribution in [1.29, 1.82) is 0 Å². The van der Waals surface area contributed by atoms with E-state index < -0.39 is 0 Å². The van der Waals surface area contributed by atoms with Crippen LogP contribution in [0.1, 0.15) is 18.9 Å². The van der Waals surface area contributed by atoms with Gasteiger partial charge in [-0.25, -0.2) is 4.39 Å². The van der Waals surface area contributed by atoms with Gasteiger partial charge >= 0.3 is 0 Å². The Morgan fingerprint density at radius 1 is 1.40 bits per heavy atom. The van der Waals surface area contributed by atoms with Crippen molar-refractivity contribution in [3.05, 3.63) is 29.6 Å². The van der Waals surface area contributed by atoms with Crippen LogP contribution in [0, 0.1) is 12.7 Å². The molecule has 0 radical (unpaired) electrons. The number of ether oxygens (including phenoxy) is 1. The van der Waals surface area contributed by atoms with E-state index in [-0.39, 0.29) is 5.82 Å². The minimum absolute atomic E-state index is 0.189. The summed E-state index contributed by atoms with van der Waals surface area (Å²) in [4.78, 5) is 0. The number of halogens is 1. The zero-order chi connectivity index (χ0) is 11.1. The van der Waals surface area contributed by atoms with Crippen LogP contribution in [-0.2, 0) is 4.74 Å². The van der Waals surface area contributed by atoms with Crippen molar-refractivity contribution in [3.63, 3.8) is 0 Å². The lowest BCUT2D eigenvalue weighted by atomic mass is 10.2. The molecule has 0 saturated heterocycles. The highest BCUT2D eigenvalue weighted by atomic mass is 19.1. The monoisotopic (exact) mass is 211 g/mol. The highest BCUT2D eigenvalue weighted by molar-refractivity contribution is 5.51. The fourth-order valence-corrected chi connectivity index (χ4v) is 1.39. The minimum atomic E-state index is -0.189. The van der Waals surface area contributed by atoms with E-state index in [1.807, 2.05) is 19.9 Å². The number of benzene rings is 1. The van der Waals surface area contributed by atoms with Crippen LogP contribution in [-0.4, -0.2) is 19.8 Å². The van der Waals surface area contributed by atoms with Gasteiger partial charge in [-0.1, -0.05) is 12.1 Å². The average molecular weight is 211 g/mol. The van der Waals surface area contributed by atoms with Gasteiger partial charge in [-0.05, 0) is 31.9 Å². The summed E-state index contributed by atoms with van der Waals surface area (Å²) in [5, 5.41) is 3.09. The van der Waals surface area contributed by atoms with Gasteiger partial charge in [0.25, 0.3) is 0 Å². The molecule has 0 heterocycles. The Morgan fingerprint density at radius 3 is 2.87 bits per heavy atom. The first-order valence-electron chi connectivity index (χ1n) is 5.32. The first-order valence-corrected chi connectivity index (χ1v) is 5.32. The number of nitrogens with one attached hydrogen (secondary N) is 1. The molecule has 1 rings (SSSR count). The van der Waals surface area contributed by atoms with Gasteiger partial charge < -0.3 is 10.1 Å². The third kappa shape index (κ3) is 3.88. The van der Waals surface area contributed by atoms with E-state index in [1.165, 1.54) is 6.07 Å². The molecule has 0 bridgehead atoms. The zero-order valence-corrected chi connectivity index (χ0v) is 9.35. The lowest BCUT2D eigenvalue weighted by Crippen LogP contribution is -2.08. The van der Waals surface area contributed by atoms with Crippen molar-refractivity contribution in [1.82, 2.24) is 0 Å². The van der Waals surface area contributed by atoms with Crippen LogP contribution in [0.25, 0.3) is 0 Å². The van der Waals surface area contributed by atoms with Crippen LogP contribution in [0.3, 0.4) is 0 Å². The second-order valence-electron chi connectivity index (χ2n) is 3.41. The van der Waals surface area contributed by atoms with E-state index in [0.29, 0.717) is 5.69 Å². The Hall–Kier alpha value is -1.09. The number of hydrogen-bond donors (Lipinski definition) is 1. The van der Waals surface area contributed by atoms with E-state index in [4.69, 9.17) is 4.74 Å². The summed E-state index contributed by atoms with van der Waals surface area (Å²) >= 11 is 0. The highest BCUT2D eigenvalue weighted by Gasteiger charge is 2.03. The summed E-state index contributed by atoms with van der Waals surface area (Å²) in [6.45, 7) is 6.06. The van der Waals surface area contributed by atoms with Crippen LogP contribution in [0.4, 0.5) is 10.1 Å². The van der Waals surface area contributed by atoms with E-state index in [2.05, 4.69) is 5.32 Å². The zero-order valence-electron chi connectivity index (χ0n) is 9.35. The Bertz CT molecular complexity index is 281. The van der Waals surface area contributed by atoms with Crippen molar-refractivity contribution in [2.75, 3.05) is 25.1 Å². The summed E-state index contributed by atoms with van der Waals surface area (Å²) in [7, 11) is 0. The molecule has 0 fully saturated rings. The summed E-state index contributed by atoms with van der Waals surface area (Å²) in [6.07, 6.45) is 0.890. The van der Waals surface area contributed by atoms with E-state index in [1.54, 1.807) is 6.07 Å². The van der Waals surface area contributed by atoms with Crippen molar-refractivity contribution in [3.8, 4) is 0 Å². The number of aryl methyl sites for hydroxylation is 1. The third-order valence-electron chi connectivity index (χ3n) is 2.19. The van der Waals surface area contributed by atoms with Crippen LogP contribution >= 0.6 is 0 Å². The van der Waals surface area contributed by atoms with Crippen LogP contribution in [0.15, 0.2) is 18.2 Å². The predicted octanol–water partition coefficient (Wildman–Crippen LogP) is 2.97. The topological polar surface area (TPSA) is 21.3 Å². The second kappa shape index (κ2) is 6.40. The van der Waals surface area contributed by atoms with Gasteiger partial charge in [0.1, 0.15) is 5.82 Å². The van der Waals surface area contributed by atoms with E-state index in [0.717, 1.165) is 31.7 Å². The number of para-hydroxylation sites is 1. The lowest BCUT2D eigenvalue weighted by molar-refractivity contribution is 0.147. The standard InChI is InChI=1S/C12H18FNO/c1-3-15-9-5-8-14-12-10(2)6-4-7-11(12)13/h4,6-7,14H,3,5,8-9H2,1-2H3. The summed E-state index contributed by atoms with van der Waals surface area (Å²) < 4.78 is 18.5. The largest absolute Gasteiger partial charge is 0.382 e. The second-order valence-corrected chi connectivity index (χ2v) is 3.41. The first-order chi connectivity index (χ1) is 7.25. The molecule has 0 amide bonds. The molecule has 1 N–H and O–H groups in total. The van der Waals surface area contributed by atoms with Crippen molar-refractivity contribution >= 4 is 5.69 Å². The Morgan fingerprint density at radius 2 is 2.20 bits per heavy atom. The Labute approximate surface area is 90.4 Å². The quantitative estimate of drug-likeness (QED) is 0.730. The minimum Gasteiger partial charge on any atom is -0.382 e. The van der Waals surface area contributed by atoms with Crippen molar-refractivity contribution in [2.24, 2.45) is 0 Å². The summed E-state index contributed by atoms with van der Waals surface area (Å²) in [6, 6.07) is 5.09. The molecule has 15 heavy (non-hydrogen) atoms. The molecule has 1 aromatic carbocycles. The number of rotatable bonds is 6.